The van der Waals surface area contributed by atoms with Gasteiger partial charge >= 0.3 is 17.9 Å². The molecule has 1 unspecified atom stereocenters. The van der Waals surface area contributed by atoms with E-state index >= 15 is 0 Å². The Balaban J connectivity index is 4.22. The molecule has 0 amide bonds. The SMILES string of the molecule is CCCCCC/C=C\C/C=C\CCCCCCCCCC(=O)OC(COC(=O)CCCCCCCCC)COC(=O)CCCCCCCCCCC/C=C\CCCCCCCC. The van der Waals surface area contributed by atoms with Crippen LogP contribution < -0.4 is 0 Å². The van der Waals surface area contributed by atoms with Crippen LogP contribution in [0, 0.1) is 0 Å². The first kappa shape index (κ1) is 59.6. The maximum atomic E-state index is 12.8. The lowest BCUT2D eigenvalue weighted by molar-refractivity contribution is -0.167. The average molecular weight is 871 g/mol. The molecule has 0 radical (unpaired) electrons. The third-order valence-electron chi connectivity index (χ3n) is 11.9. The summed E-state index contributed by atoms with van der Waals surface area (Å²) in [6.45, 7) is 6.59. The number of hydrogen-bond donors (Lipinski definition) is 0. The lowest BCUT2D eigenvalue weighted by Crippen LogP contribution is -2.30. The normalized spacial score (nSPS) is 12.2. The number of carbonyl (C=O) groups is 3. The fourth-order valence-corrected chi connectivity index (χ4v) is 7.76. The van der Waals surface area contributed by atoms with Gasteiger partial charge in [-0.25, -0.2) is 0 Å². The molecule has 0 bridgehead atoms. The quantitative estimate of drug-likeness (QED) is 0.0262. The zero-order chi connectivity index (χ0) is 45.1. The zero-order valence-electron chi connectivity index (χ0n) is 41.4. The van der Waals surface area contributed by atoms with Gasteiger partial charge in [-0.05, 0) is 77.0 Å². The first-order valence-corrected chi connectivity index (χ1v) is 27.0. The number of allylic oxidation sites excluding steroid dienone is 6. The smallest absolute Gasteiger partial charge is 0.306 e. The molecule has 0 saturated carbocycles. The van der Waals surface area contributed by atoms with Gasteiger partial charge in [0, 0.05) is 19.3 Å². The maximum absolute atomic E-state index is 12.8. The molecule has 62 heavy (non-hydrogen) atoms. The standard InChI is InChI=1S/C56H102O6/c1-4-7-10-13-16-18-20-22-24-26-28-30-31-33-35-37-40-43-46-49-55(58)61-52-53(51-60-54(57)48-45-42-39-15-12-9-6-3)62-56(59)50-47-44-41-38-36-34-32-29-27-25-23-21-19-17-14-11-8-5-2/h19,21-22,24-25,27,53H,4-18,20,23,26,28-52H2,1-3H3/b21-19-,24-22-,27-25-. The molecule has 0 aromatic carbocycles. The molecule has 0 heterocycles. The molecule has 0 aliphatic carbocycles. The molecule has 6 heteroatoms. The average Bonchev–Trinajstić information content (AvgIpc) is 3.27. The highest BCUT2D eigenvalue weighted by Gasteiger charge is 2.19. The van der Waals surface area contributed by atoms with E-state index in [1.165, 1.54) is 173 Å². The molecule has 0 aliphatic rings. The number of unbranched alkanes of at least 4 members (excludes halogenated alkanes) is 32. The highest BCUT2D eigenvalue weighted by atomic mass is 16.6. The molecule has 0 spiro atoms. The molecular weight excluding hydrogens is 769 g/mol. The number of esters is 3. The lowest BCUT2D eigenvalue weighted by Gasteiger charge is -2.18. The summed E-state index contributed by atoms with van der Waals surface area (Å²) in [7, 11) is 0. The van der Waals surface area contributed by atoms with Gasteiger partial charge in [0.2, 0.25) is 0 Å². The molecule has 0 fully saturated rings. The van der Waals surface area contributed by atoms with Gasteiger partial charge in [-0.1, -0.05) is 224 Å². The molecule has 0 aliphatic heterocycles. The fraction of sp³-hybridized carbons (Fsp3) is 0.839. The van der Waals surface area contributed by atoms with Crippen molar-refractivity contribution < 1.29 is 28.6 Å². The summed E-state index contributed by atoms with van der Waals surface area (Å²) in [5.41, 5.74) is 0. The van der Waals surface area contributed by atoms with Crippen LogP contribution in [0.1, 0.15) is 284 Å². The van der Waals surface area contributed by atoms with Crippen LogP contribution in [0.2, 0.25) is 0 Å². The molecule has 0 saturated heterocycles. The summed E-state index contributed by atoms with van der Waals surface area (Å²) in [6, 6.07) is 0. The van der Waals surface area contributed by atoms with Crippen LogP contribution in [-0.4, -0.2) is 37.2 Å². The van der Waals surface area contributed by atoms with Gasteiger partial charge in [0.15, 0.2) is 6.10 Å². The van der Waals surface area contributed by atoms with Crippen LogP contribution in [0.3, 0.4) is 0 Å². The first-order valence-electron chi connectivity index (χ1n) is 27.0. The predicted molar refractivity (Wildman–Crippen MR) is 266 cm³/mol. The second-order valence-corrected chi connectivity index (χ2v) is 18.1. The highest BCUT2D eigenvalue weighted by molar-refractivity contribution is 5.71. The number of carbonyl (C=O) groups excluding carboxylic acids is 3. The molecule has 362 valence electrons. The molecule has 6 nitrogen and oxygen atoms in total. The topological polar surface area (TPSA) is 78.9 Å². The molecular formula is C56H102O6. The van der Waals surface area contributed by atoms with E-state index < -0.39 is 6.10 Å². The number of ether oxygens (including phenoxy) is 3. The van der Waals surface area contributed by atoms with Crippen molar-refractivity contribution in [2.75, 3.05) is 13.2 Å². The van der Waals surface area contributed by atoms with Crippen LogP contribution in [0.4, 0.5) is 0 Å². The van der Waals surface area contributed by atoms with Crippen molar-refractivity contribution in [1.29, 1.82) is 0 Å². The highest BCUT2D eigenvalue weighted by Crippen LogP contribution is 2.15. The van der Waals surface area contributed by atoms with E-state index in [-0.39, 0.29) is 31.1 Å². The number of rotatable bonds is 49. The molecule has 0 rings (SSSR count). The first-order chi connectivity index (χ1) is 30.5. The predicted octanol–water partition coefficient (Wildman–Crippen LogP) is 17.7. The molecule has 0 aromatic heterocycles. The summed E-state index contributed by atoms with van der Waals surface area (Å²) in [6.07, 6.45) is 60.0. The van der Waals surface area contributed by atoms with Crippen LogP contribution in [0.25, 0.3) is 0 Å². The van der Waals surface area contributed by atoms with E-state index in [0.29, 0.717) is 19.3 Å². The monoisotopic (exact) mass is 871 g/mol. The van der Waals surface area contributed by atoms with Crippen molar-refractivity contribution in [1.82, 2.24) is 0 Å². The van der Waals surface area contributed by atoms with E-state index in [2.05, 4.69) is 57.2 Å². The number of hydrogen-bond acceptors (Lipinski definition) is 6. The van der Waals surface area contributed by atoms with Crippen LogP contribution >= 0.6 is 0 Å². The Kier molecular flexibility index (Phi) is 49.3. The lowest BCUT2D eigenvalue weighted by atomic mass is 10.1. The minimum atomic E-state index is -0.772. The molecule has 0 aromatic rings. The van der Waals surface area contributed by atoms with Gasteiger partial charge in [0.05, 0.1) is 0 Å². The summed E-state index contributed by atoms with van der Waals surface area (Å²) < 4.78 is 16.8. The van der Waals surface area contributed by atoms with Crippen molar-refractivity contribution in [3.8, 4) is 0 Å². The minimum Gasteiger partial charge on any atom is -0.462 e. The Bertz CT molecular complexity index is 1050. The third-order valence-corrected chi connectivity index (χ3v) is 11.9. The zero-order valence-corrected chi connectivity index (χ0v) is 41.4. The van der Waals surface area contributed by atoms with Gasteiger partial charge in [-0.15, -0.1) is 0 Å². The largest absolute Gasteiger partial charge is 0.462 e. The minimum absolute atomic E-state index is 0.0741. The fourth-order valence-electron chi connectivity index (χ4n) is 7.76. The van der Waals surface area contributed by atoms with Crippen LogP contribution in [-0.2, 0) is 28.6 Å². The Labute approximate surface area is 385 Å². The molecule has 0 N–H and O–H groups in total. The summed E-state index contributed by atoms with van der Waals surface area (Å²) in [4.78, 5) is 37.9. The molecule has 1 atom stereocenters. The van der Waals surface area contributed by atoms with Crippen molar-refractivity contribution in [3.63, 3.8) is 0 Å². The summed E-state index contributed by atoms with van der Waals surface area (Å²) >= 11 is 0. The van der Waals surface area contributed by atoms with Gasteiger partial charge in [-0.3, -0.25) is 14.4 Å². The van der Waals surface area contributed by atoms with E-state index in [4.69, 9.17) is 14.2 Å². The van der Waals surface area contributed by atoms with Gasteiger partial charge in [-0.2, -0.15) is 0 Å². The third kappa shape index (κ3) is 48.7. The Morgan fingerprint density at radius 1 is 0.323 bits per heavy atom. The van der Waals surface area contributed by atoms with Gasteiger partial charge < -0.3 is 14.2 Å². The van der Waals surface area contributed by atoms with Crippen LogP contribution in [0.5, 0.6) is 0 Å². The van der Waals surface area contributed by atoms with E-state index in [0.717, 1.165) is 70.6 Å². The van der Waals surface area contributed by atoms with E-state index in [1.54, 1.807) is 0 Å². The van der Waals surface area contributed by atoms with Crippen molar-refractivity contribution in [2.45, 2.75) is 290 Å². The van der Waals surface area contributed by atoms with E-state index in [1.807, 2.05) is 0 Å². The van der Waals surface area contributed by atoms with Gasteiger partial charge in [0.25, 0.3) is 0 Å². The van der Waals surface area contributed by atoms with Gasteiger partial charge in [0.1, 0.15) is 13.2 Å². The summed E-state index contributed by atoms with van der Waals surface area (Å²) in [5.74, 6) is -0.880. The van der Waals surface area contributed by atoms with Crippen molar-refractivity contribution in [2.24, 2.45) is 0 Å². The van der Waals surface area contributed by atoms with Crippen molar-refractivity contribution >= 4 is 17.9 Å². The van der Waals surface area contributed by atoms with Crippen molar-refractivity contribution in [3.05, 3.63) is 36.5 Å². The van der Waals surface area contributed by atoms with Crippen LogP contribution in [0.15, 0.2) is 36.5 Å². The Morgan fingerprint density at radius 3 is 0.919 bits per heavy atom. The summed E-state index contributed by atoms with van der Waals surface area (Å²) in [5, 5.41) is 0. The maximum Gasteiger partial charge on any atom is 0.306 e. The second-order valence-electron chi connectivity index (χ2n) is 18.1. The Hall–Kier alpha value is -2.37. The van der Waals surface area contributed by atoms with E-state index in [9.17, 15) is 14.4 Å². The Morgan fingerprint density at radius 2 is 0.581 bits per heavy atom. The second kappa shape index (κ2) is 51.3.